The van der Waals surface area contributed by atoms with Gasteiger partial charge in [0.1, 0.15) is 0 Å². The van der Waals surface area contributed by atoms with Crippen LogP contribution in [-0.2, 0) is 4.79 Å². The van der Waals surface area contributed by atoms with Gasteiger partial charge in [0.25, 0.3) is 0 Å². The van der Waals surface area contributed by atoms with E-state index in [-0.39, 0.29) is 0 Å². The number of anilines is 1. The van der Waals surface area contributed by atoms with Crippen molar-refractivity contribution in [3.05, 3.63) is 24.3 Å². The number of rotatable bonds is 3. The first kappa shape index (κ1) is 12.4. The molecule has 1 atom stereocenters. The number of primary amides is 1. The maximum absolute atomic E-state index is 11.4. The van der Waals surface area contributed by atoms with Crippen LogP contribution in [-0.4, -0.2) is 17.2 Å². The quantitative estimate of drug-likeness (QED) is 0.540. The standard InChI is InChI=1S/C10H13N3O2S/c1-6(9(14)13-10(12)15)16-8-4-2-7(11)3-5-8/h2-6H,11H2,1H3,(H3,12,13,14,15). The molecule has 1 aromatic carbocycles. The van der Waals surface area contributed by atoms with Gasteiger partial charge in [0.15, 0.2) is 0 Å². The van der Waals surface area contributed by atoms with Crippen LogP contribution in [0, 0.1) is 0 Å². The Kier molecular flexibility index (Phi) is 4.19. The van der Waals surface area contributed by atoms with Crippen molar-refractivity contribution in [1.82, 2.24) is 5.32 Å². The van der Waals surface area contributed by atoms with Gasteiger partial charge in [0.2, 0.25) is 5.91 Å². The topological polar surface area (TPSA) is 98.2 Å². The molecule has 5 N–H and O–H groups in total. The van der Waals surface area contributed by atoms with Gasteiger partial charge < -0.3 is 11.5 Å². The molecule has 0 aliphatic rings. The van der Waals surface area contributed by atoms with Crippen LogP contribution in [0.4, 0.5) is 10.5 Å². The summed E-state index contributed by atoms with van der Waals surface area (Å²) in [5, 5.41) is 1.64. The van der Waals surface area contributed by atoms with Crippen molar-refractivity contribution in [3.8, 4) is 0 Å². The Morgan fingerprint density at radius 2 is 1.88 bits per heavy atom. The van der Waals surface area contributed by atoms with Gasteiger partial charge in [-0.05, 0) is 31.2 Å². The normalized spacial score (nSPS) is 11.8. The van der Waals surface area contributed by atoms with E-state index in [0.29, 0.717) is 5.69 Å². The highest BCUT2D eigenvalue weighted by Gasteiger charge is 2.15. The van der Waals surface area contributed by atoms with E-state index in [1.54, 1.807) is 19.1 Å². The van der Waals surface area contributed by atoms with Crippen molar-refractivity contribution >= 4 is 29.4 Å². The maximum atomic E-state index is 11.4. The number of benzene rings is 1. The van der Waals surface area contributed by atoms with E-state index in [4.69, 9.17) is 11.5 Å². The number of nitrogens with two attached hydrogens (primary N) is 2. The molecule has 0 bridgehead atoms. The van der Waals surface area contributed by atoms with Crippen LogP contribution in [0.25, 0.3) is 0 Å². The third kappa shape index (κ3) is 3.82. The van der Waals surface area contributed by atoms with E-state index in [1.165, 1.54) is 11.8 Å². The number of hydrogen-bond donors (Lipinski definition) is 3. The molecular formula is C10H13N3O2S. The zero-order chi connectivity index (χ0) is 12.1. The number of imide groups is 1. The molecule has 3 amide bonds. The Morgan fingerprint density at radius 3 is 2.38 bits per heavy atom. The zero-order valence-corrected chi connectivity index (χ0v) is 9.58. The minimum atomic E-state index is -0.838. The molecule has 0 radical (unpaired) electrons. The number of hydrogen-bond acceptors (Lipinski definition) is 4. The largest absolute Gasteiger partial charge is 0.399 e. The van der Waals surface area contributed by atoms with Crippen LogP contribution in [0.5, 0.6) is 0 Å². The van der Waals surface area contributed by atoms with Crippen molar-refractivity contribution in [2.45, 2.75) is 17.1 Å². The minimum absolute atomic E-state index is 0.392. The highest BCUT2D eigenvalue weighted by atomic mass is 32.2. The second-order valence-corrected chi connectivity index (χ2v) is 4.60. The molecule has 5 nitrogen and oxygen atoms in total. The van der Waals surface area contributed by atoms with Crippen molar-refractivity contribution in [1.29, 1.82) is 0 Å². The fraction of sp³-hybridized carbons (Fsp3) is 0.200. The number of nitrogens with one attached hydrogen (secondary N) is 1. The van der Waals surface area contributed by atoms with E-state index >= 15 is 0 Å². The van der Waals surface area contributed by atoms with Gasteiger partial charge in [-0.3, -0.25) is 10.1 Å². The van der Waals surface area contributed by atoms with Crippen molar-refractivity contribution in [3.63, 3.8) is 0 Å². The molecule has 0 fully saturated rings. The second kappa shape index (κ2) is 5.41. The lowest BCUT2D eigenvalue weighted by molar-refractivity contribution is -0.119. The lowest BCUT2D eigenvalue weighted by atomic mass is 10.3. The highest BCUT2D eigenvalue weighted by molar-refractivity contribution is 8.00. The number of thioether (sulfide) groups is 1. The summed E-state index contributed by atoms with van der Waals surface area (Å²) in [6.45, 7) is 1.69. The monoisotopic (exact) mass is 239 g/mol. The molecule has 6 heteroatoms. The minimum Gasteiger partial charge on any atom is -0.399 e. The van der Waals surface area contributed by atoms with E-state index in [1.807, 2.05) is 17.4 Å². The highest BCUT2D eigenvalue weighted by Crippen LogP contribution is 2.23. The van der Waals surface area contributed by atoms with Crippen molar-refractivity contribution < 1.29 is 9.59 Å². The third-order valence-corrected chi connectivity index (χ3v) is 2.92. The summed E-state index contributed by atoms with van der Waals surface area (Å²) in [5.41, 5.74) is 11.0. The number of urea groups is 1. The zero-order valence-electron chi connectivity index (χ0n) is 8.77. The van der Waals surface area contributed by atoms with Crippen molar-refractivity contribution in [2.24, 2.45) is 5.73 Å². The van der Waals surface area contributed by atoms with Gasteiger partial charge in [0.05, 0.1) is 5.25 Å². The number of carbonyl (C=O) groups excluding carboxylic acids is 2. The predicted molar refractivity (Wildman–Crippen MR) is 63.9 cm³/mol. The second-order valence-electron chi connectivity index (χ2n) is 3.18. The molecular weight excluding hydrogens is 226 g/mol. The Labute approximate surface area is 97.6 Å². The summed E-state index contributed by atoms with van der Waals surface area (Å²) in [4.78, 5) is 22.7. The number of nitrogen functional groups attached to an aromatic ring is 1. The summed E-state index contributed by atoms with van der Waals surface area (Å²) >= 11 is 1.33. The maximum Gasteiger partial charge on any atom is 0.318 e. The van der Waals surface area contributed by atoms with Gasteiger partial charge in [-0.2, -0.15) is 0 Å². The van der Waals surface area contributed by atoms with E-state index in [0.717, 1.165) is 4.90 Å². The van der Waals surface area contributed by atoms with Crippen LogP contribution in [0.2, 0.25) is 0 Å². The fourth-order valence-corrected chi connectivity index (χ4v) is 1.89. The Balaban J connectivity index is 2.57. The molecule has 0 saturated carbocycles. The molecule has 86 valence electrons. The Bertz CT molecular complexity index is 392. The predicted octanol–water partition coefficient (Wildman–Crippen LogP) is 0.944. The fourth-order valence-electron chi connectivity index (χ4n) is 1.03. The molecule has 0 aliphatic heterocycles. The molecule has 0 saturated heterocycles. The summed E-state index contributed by atoms with van der Waals surface area (Å²) in [7, 11) is 0. The lowest BCUT2D eigenvalue weighted by Gasteiger charge is -2.09. The Morgan fingerprint density at radius 1 is 1.31 bits per heavy atom. The molecule has 0 heterocycles. The molecule has 1 rings (SSSR count). The van der Waals surface area contributed by atoms with Gasteiger partial charge in [-0.25, -0.2) is 4.79 Å². The average molecular weight is 239 g/mol. The van der Waals surface area contributed by atoms with E-state index in [2.05, 4.69) is 0 Å². The smallest absolute Gasteiger partial charge is 0.318 e. The van der Waals surface area contributed by atoms with Gasteiger partial charge in [-0.15, -0.1) is 11.8 Å². The molecule has 16 heavy (non-hydrogen) atoms. The summed E-state index contributed by atoms with van der Waals surface area (Å²) in [6.07, 6.45) is 0. The summed E-state index contributed by atoms with van der Waals surface area (Å²) in [6, 6.07) is 6.29. The number of amides is 3. The van der Waals surface area contributed by atoms with Crippen LogP contribution in [0.1, 0.15) is 6.92 Å². The summed E-state index contributed by atoms with van der Waals surface area (Å²) in [5.74, 6) is -0.408. The van der Waals surface area contributed by atoms with Crippen LogP contribution >= 0.6 is 11.8 Å². The van der Waals surface area contributed by atoms with Gasteiger partial charge >= 0.3 is 6.03 Å². The molecule has 0 aliphatic carbocycles. The number of carbonyl (C=O) groups is 2. The van der Waals surface area contributed by atoms with Crippen LogP contribution < -0.4 is 16.8 Å². The van der Waals surface area contributed by atoms with Crippen LogP contribution in [0.15, 0.2) is 29.2 Å². The summed E-state index contributed by atoms with van der Waals surface area (Å²) < 4.78 is 0. The van der Waals surface area contributed by atoms with Gasteiger partial charge in [0, 0.05) is 10.6 Å². The molecule has 1 unspecified atom stereocenters. The van der Waals surface area contributed by atoms with E-state index in [9.17, 15) is 9.59 Å². The first-order valence-electron chi connectivity index (χ1n) is 4.61. The third-order valence-electron chi connectivity index (χ3n) is 1.81. The first-order valence-corrected chi connectivity index (χ1v) is 5.49. The molecule has 0 aromatic heterocycles. The molecule has 1 aromatic rings. The first-order chi connectivity index (χ1) is 7.49. The van der Waals surface area contributed by atoms with Crippen molar-refractivity contribution in [2.75, 3.05) is 5.73 Å². The average Bonchev–Trinajstić information content (AvgIpc) is 2.20. The van der Waals surface area contributed by atoms with E-state index < -0.39 is 17.2 Å². The Hall–Kier alpha value is -1.69. The van der Waals surface area contributed by atoms with Crippen LogP contribution in [0.3, 0.4) is 0 Å². The lowest BCUT2D eigenvalue weighted by Crippen LogP contribution is -2.39. The van der Waals surface area contributed by atoms with Gasteiger partial charge in [-0.1, -0.05) is 0 Å². The SMILES string of the molecule is CC(Sc1ccc(N)cc1)C(=O)NC(N)=O. The molecule has 0 spiro atoms.